The van der Waals surface area contributed by atoms with Crippen LogP contribution in [0, 0.1) is 0 Å². The minimum atomic E-state index is -0.255. The largest absolute Gasteiger partial charge is 0.469 e. The first-order valence-corrected chi connectivity index (χ1v) is 4.90. The standard InChI is InChI=1S/C10H14N4O2/c1-16-10(15)4-8-14-13-7-3-9-11-5-2-6-12-9/h2,5-7,14H,3-4,8H2,1H3/b13-7+. The van der Waals surface area contributed by atoms with Gasteiger partial charge in [0.15, 0.2) is 0 Å². The summed E-state index contributed by atoms with van der Waals surface area (Å²) < 4.78 is 4.48. The third-order valence-corrected chi connectivity index (χ3v) is 1.74. The second-order valence-corrected chi connectivity index (χ2v) is 2.92. The van der Waals surface area contributed by atoms with Crippen molar-refractivity contribution in [2.75, 3.05) is 13.7 Å². The van der Waals surface area contributed by atoms with Crippen molar-refractivity contribution < 1.29 is 9.53 Å². The lowest BCUT2D eigenvalue weighted by Crippen LogP contribution is -2.13. The van der Waals surface area contributed by atoms with Crippen molar-refractivity contribution in [2.24, 2.45) is 5.10 Å². The molecule has 1 aromatic rings. The number of aromatic nitrogens is 2. The summed E-state index contributed by atoms with van der Waals surface area (Å²) in [5.41, 5.74) is 2.73. The van der Waals surface area contributed by atoms with E-state index in [1.165, 1.54) is 7.11 Å². The first-order valence-electron chi connectivity index (χ1n) is 4.90. The van der Waals surface area contributed by atoms with Crippen molar-refractivity contribution in [1.82, 2.24) is 15.4 Å². The minimum absolute atomic E-state index is 0.255. The lowest BCUT2D eigenvalue weighted by atomic mass is 10.4. The number of carbonyl (C=O) groups is 1. The molecule has 0 aliphatic carbocycles. The van der Waals surface area contributed by atoms with Crippen molar-refractivity contribution in [1.29, 1.82) is 0 Å². The number of carbonyl (C=O) groups excluding carboxylic acids is 1. The van der Waals surface area contributed by atoms with E-state index in [1.807, 2.05) is 0 Å². The Morgan fingerprint density at radius 3 is 3.00 bits per heavy atom. The molecular formula is C10H14N4O2. The molecule has 0 saturated carbocycles. The fourth-order valence-corrected chi connectivity index (χ4v) is 0.952. The van der Waals surface area contributed by atoms with Gasteiger partial charge in [0.1, 0.15) is 5.82 Å². The molecule has 0 bridgehead atoms. The Bertz CT molecular complexity index is 340. The molecule has 0 fully saturated rings. The zero-order valence-electron chi connectivity index (χ0n) is 9.09. The summed E-state index contributed by atoms with van der Waals surface area (Å²) in [4.78, 5) is 18.8. The third-order valence-electron chi connectivity index (χ3n) is 1.74. The number of hydrogen-bond donors (Lipinski definition) is 1. The molecule has 0 unspecified atom stereocenters. The van der Waals surface area contributed by atoms with Crippen LogP contribution >= 0.6 is 0 Å². The highest BCUT2D eigenvalue weighted by Gasteiger charge is 1.96. The SMILES string of the molecule is COC(=O)CCN/N=C/Cc1ncccn1. The summed E-state index contributed by atoms with van der Waals surface area (Å²) in [5.74, 6) is 0.454. The van der Waals surface area contributed by atoms with Gasteiger partial charge in [-0.3, -0.25) is 4.79 Å². The zero-order valence-corrected chi connectivity index (χ0v) is 9.09. The molecular weight excluding hydrogens is 208 g/mol. The van der Waals surface area contributed by atoms with Crippen molar-refractivity contribution in [2.45, 2.75) is 12.8 Å². The van der Waals surface area contributed by atoms with Crippen LogP contribution in [-0.2, 0) is 16.0 Å². The van der Waals surface area contributed by atoms with Crippen molar-refractivity contribution >= 4 is 12.2 Å². The number of hydrogen-bond acceptors (Lipinski definition) is 6. The summed E-state index contributed by atoms with van der Waals surface area (Å²) in [6.07, 6.45) is 5.88. The highest BCUT2D eigenvalue weighted by Crippen LogP contribution is 1.86. The van der Waals surface area contributed by atoms with Gasteiger partial charge in [-0.15, -0.1) is 0 Å². The molecule has 0 aromatic carbocycles. The van der Waals surface area contributed by atoms with E-state index in [0.717, 1.165) is 0 Å². The molecule has 6 nitrogen and oxygen atoms in total. The Labute approximate surface area is 93.8 Å². The van der Waals surface area contributed by atoms with Crippen LogP contribution in [-0.4, -0.2) is 35.8 Å². The van der Waals surface area contributed by atoms with E-state index in [0.29, 0.717) is 25.2 Å². The molecule has 0 amide bonds. The highest BCUT2D eigenvalue weighted by molar-refractivity contribution is 5.69. The van der Waals surface area contributed by atoms with Crippen molar-refractivity contribution in [3.05, 3.63) is 24.3 Å². The normalized spacial score (nSPS) is 10.3. The van der Waals surface area contributed by atoms with Crippen molar-refractivity contribution in [3.8, 4) is 0 Å². The van der Waals surface area contributed by atoms with Crippen LogP contribution in [0.25, 0.3) is 0 Å². The summed E-state index contributed by atoms with van der Waals surface area (Å²) in [6, 6.07) is 1.76. The number of ether oxygens (including phenoxy) is 1. The van der Waals surface area contributed by atoms with Crippen LogP contribution < -0.4 is 5.43 Å². The Hall–Kier alpha value is -1.98. The van der Waals surface area contributed by atoms with Crippen molar-refractivity contribution in [3.63, 3.8) is 0 Å². The molecule has 0 saturated heterocycles. The maximum atomic E-state index is 10.7. The van der Waals surface area contributed by atoms with Crippen LogP contribution in [0.15, 0.2) is 23.6 Å². The molecule has 6 heteroatoms. The average Bonchev–Trinajstić information content (AvgIpc) is 2.34. The number of methoxy groups -OCH3 is 1. The van der Waals surface area contributed by atoms with E-state index in [2.05, 4.69) is 25.2 Å². The summed E-state index contributed by atoms with van der Waals surface area (Å²) >= 11 is 0. The van der Waals surface area contributed by atoms with Crippen LogP contribution in [0.4, 0.5) is 0 Å². The average molecular weight is 222 g/mol. The lowest BCUT2D eigenvalue weighted by molar-refractivity contribution is -0.140. The topological polar surface area (TPSA) is 76.5 Å². The van der Waals surface area contributed by atoms with Crippen LogP contribution in [0.5, 0.6) is 0 Å². The smallest absolute Gasteiger partial charge is 0.307 e. The van der Waals surface area contributed by atoms with Crippen LogP contribution in [0.2, 0.25) is 0 Å². The van der Waals surface area contributed by atoms with E-state index in [-0.39, 0.29) is 5.97 Å². The predicted molar refractivity (Wildman–Crippen MR) is 58.9 cm³/mol. The molecule has 1 rings (SSSR count). The van der Waals surface area contributed by atoms with E-state index in [4.69, 9.17) is 0 Å². The fourth-order valence-electron chi connectivity index (χ4n) is 0.952. The van der Waals surface area contributed by atoms with Gasteiger partial charge < -0.3 is 10.2 Å². The van der Waals surface area contributed by atoms with Gasteiger partial charge in [-0.2, -0.15) is 5.10 Å². The summed E-state index contributed by atoms with van der Waals surface area (Å²) in [5, 5.41) is 3.91. The van der Waals surface area contributed by atoms with E-state index >= 15 is 0 Å². The molecule has 0 aliphatic rings. The molecule has 1 heterocycles. The van der Waals surface area contributed by atoms with Crippen LogP contribution in [0.1, 0.15) is 12.2 Å². The number of hydrazone groups is 1. The van der Waals surface area contributed by atoms with E-state index in [9.17, 15) is 4.79 Å². The quantitative estimate of drug-likeness (QED) is 0.321. The van der Waals surface area contributed by atoms with Gasteiger partial charge >= 0.3 is 5.97 Å². The number of rotatable bonds is 6. The first kappa shape index (κ1) is 12.1. The molecule has 1 N–H and O–H groups in total. The monoisotopic (exact) mass is 222 g/mol. The van der Waals surface area contributed by atoms with Crippen LogP contribution in [0.3, 0.4) is 0 Å². The number of nitrogens with zero attached hydrogens (tertiary/aromatic N) is 3. The van der Waals surface area contributed by atoms with Gasteiger partial charge in [0.25, 0.3) is 0 Å². The van der Waals surface area contributed by atoms with E-state index in [1.54, 1.807) is 24.7 Å². The third kappa shape index (κ3) is 5.04. The number of esters is 1. The number of nitrogens with one attached hydrogen (secondary N) is 1. The molecule has 0 spiro atoms. The molecule has 1 aromatic heterocycles. The molecule has 0 atom stereocenters. The lowest BCUT2D eigenvalue weighted by Gasteiger charge is -1.98. The molecule has 0 radical (unpaired) electrons. The predicted octanol–water partition coefficient (Wildman–Crippen LogP) is 0.158. The Balaban J connectivity index is 2.12. The fraction of sp³-hybridized carbons (Fsp3) is 0.400. The second kappa shape index (κ2) is 7.33. The Kier molecular flexibility index (Phi) is 5.54. The summed E-state index contributed by atoms with van der Waals surface area (Å²) in [7, 11) is 1.36. The Morgan fingerprint density at radius 2 is 2.31 bits per heavy atom. The van der Waals surface area contributed by atoms with Gasteiger partial charge in [-0.25, -0.2) is 9.97 Å². The van der Waals surface area contributed by atoms with Gasteiger partial charge in [0, 0.05) is 31.6 Å². The maximum Gasteiger partial charge on any atom is 0.307 e. The van der Waals surface area contributed by atoms with Gasteiger partial charge in [0.2, 0.25) is 0 Å². The van der Waals surface area contributed by atoms with Gasteiger partial charge in [0.05, 0.1) is 13.5 Å². The molecule has 0 aliphatic heterocycles. The molecule has 16 heavy (non-hydrogen) atoms. The van der Waals surface area contributed by atoms with E-state index < -0.39 is 0 Å². The molecule has 86 valence electrons. The highest BCUT2D eigenvalue weighted by atomic mass is 16.5. The zero-order chi connectivity index (χ0) is 11.6. The second-order valence-electron chi connectivity index (χ2n) is 2.92. The Morgan fingerprint density at radius 1 is 1.56 bits per heavy atom. The summed E-state index contributed by atoms with van der Waals surface area (Å²) in [6.45, 7) is 0.457. The van der Waals surface area contributed by atoms with Gasteiger partial charge in [-0.1, -0.05) is 0 Å². The first-order chi connectivity index (χ1) is 7.83. The minimum Gasteiger partial charge on any atom is -0.469 e. The van der Waals surface area contributed by atoms with Gasteiger partial charge in [-0.05, 0) is 6.07 Å². The maximum absolute atomic E-state index is 10.7.